The Bertz CT molecular complexity index is 85.4. The second-order valence-corrected chi connectivity index (χ2v) is 4.78. The van der Waals surface area contributed by atoms with E-state index in [2.05, 4.69) is 12.6 Å². The molecule has 0 aromatic carbocycles. The Kier molecular flexibility index (Phi) is 2.29. The van der Waals surface area contributed by atoms with Gasteiger partial charge in [0.25, 0.3) is 0 Å². The lowest BCUT2D eigenvalue weighted by atomic mass is 10.5. The molecular formula is C3H9NOS2. The molecule has 0 aliphatic heterocycles. The predicted molar refractivity (Wildman–Crippen MR) is 35.4 cm³/mol. The van der Waals surface area contributed by atoms with Gasteiger partial charge in [0.2, 0.25) is 0 Å². The Labute approximate surface area is 51.5 Å². The van der Waals surface area contributed by atoms with Crippen LogP contribution in [0.5, 0.6) is 0 Å². The molecule has 0 saturated heterocycles. The van der Waals surface area contributed by atoms with Gasteiger partial charge in [0.05, 0.1) is 4.08 Å². The van der Waals surface area contributed by atoms with Crippen LogP contribution in [0.25, 0.3) is 0 Å². The van der Waals surface area contributed by atoms with Crippen molar-refractivity contribution in [3.8, 4) is 0 Å². The highest BCUT2D eigenvalue weighted by Crippen LogP contribution is 2.12. The van der Waals surface area contributed by atoms with E-state index in [0.29, 0.717) is 0 Å². The summed E-state index contributed by atoms with van der Waals surface area (Å²) in [6.45, 7) is 3.40. The van der Waals surface area contributed by atoms with Crippen molar-refractivity contribution in [3.63, 3.8) is 0 Å². The van der Waals surface area contributed by atoms with Crippen molar-refractivity contribution in [3.05, 3.63) is 0 Å². The fourth-order valence-corrected chi connectivity index (χ4v) is 0. The summed E-state index contributed by atoms with van der Waals surface area (Å²) in [7, 11) is -1.32. The molecule has 0 aliphatic carbocycles. The van der Waals surface area contributed by atoms with Crippen LogP contribution < -0.4 is 5.14 Å². The van der Waals surface area contributed by atoms with Gasteiger partial charge in [-0.1, -0.05) is 0 Å². The van der Waals surface area contributed by atoms with E-state index < -0.39 is 15.1 Å². The highest BCUT2D eigenvalue weighted by Gasteiger charge is 2.15. The minimum Gasteiger partial charge on any atom is -0.251 e. The normalized spacial score (nSPS) is 16.6. The van der Waals surface area contributed by atoms with Gasteiger partial charge >= 0.3 is 0 Å². The first-order valence-electron chi connectivity index (χ1n) is 1.83. The molecule has 0 aliphatic rings. The average Bonchev–Trinajstić information content (AvgIpc) is 1.31. The van der Waals surface area contributed by atoms with Crippen molar-refractivity contribution < 1.29 is 4.21 Å². The molecule has 0 unspecified atom stereocenters. The van der Waals surface area contributed by atoms with Crippen LogP contribution in [0.1, 0.15) is 13.8 Å². The molecule has 0 fully saturated rings. The van der Waals surface area contributed by atoms with Crippen molar-refractivity contribution in [2.24, 2.45) is 5.14 Å². The molecule has 7 heavy (non-hydrogen) atoms. The monoisotopic (exact) mass is 139 g/mol. The summed E-state index contributed by atoms with van der Waals surface area (Å²) in [5.74, 6) is 0. The van der Waals surface area contributed by atoms with Crippen LogP contribution in [0.2, 0.25) is 0 Å². The average molecular weight is 139 g/mol. The van der Waals surface area contributed by atoms with Crippen molar-refractivity contribution >= 4 is 23.6 Å². The number of rotatable bonds is 1. The predicted octanol–water partition coefficient (Wildman–Crippen LogP) is 0.275. The summed E-state index contributed by atoms with van der Waals surface area (Å²) in [5.41, 5.74) is 0. The van der Waals surface area contributed by atoms with Gasteiger partial charge in [0.1, 0.15) is 11.0 Å². The zero-order chi connectivity index (χ0) is 6.08. The van der Waals surface area contributed by atoms with Gasteiger partial charge < -0.3 is 0 Å². The molecule has 2 N–H and O–H groups in total. The van der Waals surface area contributed by atoms with Gasteiger partial charge in [0, 0.05) is 0 Å². The molecule has 0 amide bonds. The lowest BCUT2D eigenvalue weighted by Gasteiger charge is -2.10. The van der Waals surface area contributed by atoms with Gasteiger partial charge in [0.15, 0.2) is 0 Å². The quantitative estimate of drug-likeness (QED) is 0.503. The molecule has 0 spiro atoms. The third-order valence-electron chi connectivity index (χ3n) is 0.492. The Morgan fingerprint density at radius 2 is 1.86 bits per heavy atom. The molecule has 0 heterocycles. The first-order valence-corrected chi connectivity index (χ1v) is 3.49. The van der Waals surface area contributed by atoms with E-state index in [1.165, 1.54) is 0 Å². The Hall–Kier alpha value is 0.460. The topological polar surface area (TPSA) is 43.1 Å². The van der Waals surface area contributed by atoms with Crippen LogP contribution in [-0.2, 0) is 11.0 Å². The summed E-state index contributed by atoms with van der Waals surface area (Å²) in [6, 6.07) is 0. The first kappa shape index (κ1) is 7.46. The molecule has 0 aromatic heterocycles. The van der Waals surface area contributed by atoms with Crippen molar-refractivity contribution in [2.75, 3.05) is 0 Å². The van der Waals surface area contributed by atoms with Gasteiger partial charge in [-0.05, 0) is 13.8 Å². The largest absolute Gasteiger partial charge is 0.251 e. The van der Waals surface area contributed by atoms with Crippen molar-refractivity contribution in [1.29, 1.82) is 0 Å². The third kappa shape index (κ3) is 3.08. The zero-order valence-corrected chi connectivity index (χ0v) is 6.05. The molecular weight excluding hydrogens is 130 g/mol. The summed E-state index contributed by atoms with van der Waals surface area (Å²) < 4.78 is 9.72. The molecule has 0 rings (SSSR count). The molecule has 0 saturated carbocycles. The zero-order valence-electron chi connectivity index (χ0n) is 4.34. The van der Waals surface area contributed by atoms with Crippen LogP contribution >= 0.6 is 12.6 Å². The highest BCUT2D eigenvalue weighted by atomic mass is 32.2. The molecule has 2 nitrogen and oxygen atoms in total. The smallest absolute Gasteiger partial charge is 0.104 e. The fraction of sp³-hybridized carbons (Fsp3) is 1.00. The second kappa shape index (κ2) is 2.15. The Morgan fingerprint density at radius 1 is 1.71 bits per heavy atom. The van der Waals surface area contributed by atoms with Crippen LogP contribution in [0.15, 0.2) is 0 Å². The van der Waals surface area contributed by atoms with Crippen LogP contribution in [0.3, 0.4) is 0 Å². The number of hydrogen-bond acceptors (Lipinski definition) is 2. The first-order chi connectivity index (χ1) is 2.94. The van der Waals surface area contributed by atoms with Crippen LogP contribution in [0.4, 0.5) is 0 Å². The maximum atomic E-state index is 10.3. The van der Waals surface area contributed by atoms with Gasteiger partial charge in [-0.15, -0.1) is 0 Å². The SMILES string of the molecule is CC(C)(S)[S@@](N)=O. The Morgan fingerprint density at radius 3 is 1.86 bits per heavy atom. The summed E-state index contributed by atoms with van der Waals surface area (Å²) in [6.07, 6.45) is 0. The second-order valence-electron chi connectivity index (χ2n) is 1.74. The van der Waals surface area contributed by atoms with E-state index in [1.807, 2.05) is 0 Å². The lowest BCUT2D eigenvalue weighted by Crippen LogP contribution is -2.24. The number of thiol groups is 1. The fourth-order valence-electron chi connectivity index (χ4n) is 0. The minimum atomic E-state index is -1.32. The van der Waals surface area contributed by atoms with E-state index in [9.17, 15) is 4.21 Å². The molecule has 0 aromatic rings. The van der Waals surface area contributed by atoms with Crippen molar-refractivity contribution in [2.45, 2.75) is 17.9 Å². The summed E-state index contributed by atoms with van der Waals surface area (Å²) >= 11 is 3.92. The van der Waals surface area contributed by atoms with E-state index in [-0.39, 0.29) is 0 Å². The van der Waals surface area contributed by atoms with Crippen molar-refractivity contribution in [1.82, 2.24) is 0 Å². The summed E-state index contributed by atoms with van der Waals surface area (Å²) in [5, 5.41) is 4.97. The van der Waals surface area contributed by atoms with E-state index >= 15 is 0 Å². The standard InChI is InChI=1S/C3H9NOS2/c1-3(2,6)7(4)5/h6H,4H2,1-2H3/t7-/m0/s1. The highest BCUT2D eigenvalue weighted by molar-refractivity contribution is 8.01. The molecule has 1 atom stereocenters. The number of nitrogens with two attached hydrogens (primary N) is 1. The third-order valence-corrected chi connectivity index (χ3v) is 2.02. The summed E-state index contributed by atoms with van der Waals surface area (Å²) in [4.78, 5) is 0. The van der Waals surface area contributed by atoms with Gasteiger partial charge in [-0.25, -0.2) is 4.21 Å². The van der Waals surface area contributed by atoms with E-state index in [0.717, 1.165) is 0 Å². The Balaban J connectivity index is 3.79. The van der Waals surface area contributed by atoms with Crippen LogP contribution in [-0.4, -0.2) is 8.29 Å². The van der Waals surface area contributed by atoms with Gasteiger partial charge in [-0.2, -0.15) is 12.6 Å². The lowest BCUT2D eigenvalue weighted by molar-refractivity contribution is 0.674. The van der Waals surface area contributed by atoms with Crippen LogP contribution in [0, 0.1) is 0 Å². The molecule has 0 radical (unpaired) electrons. The molecule has 0 bridgehead atoms. The van der Waals surface area contributed by atoms with E-state index in [4.69, 9.17) is 5.14 Å². The number of hydrogen-bond donors (Lipinski definition) is 2. The van der Waals surface area contributed by atoms with E-state index in [1.54, 1.807) is 13.8 Å². The van der Waals surface area contributed by atoms with Gasteiger partial charge in [-0.3, -0.25) is 5.14 Å². The molecule has 4 heteroatoms. The minimum absolute atomic E-state index is 0.556. The maximum absolute atomic E-state index is 10.3. The molecule has 44 valence electrons. The maximum Gasteiger partial charge on any atom is 0.104 e.